The fraction of sp³-hybridized carbons (Fsp3) is 0.235. The molecular weight excluding hydrogens is 317 g/mol. The first-order chi connectivity index (χ1) is 10.6. The highest BCUT2D eigenvalue weighted by Crippen LogP contribution is 2.35. The molecule has 1 heterocycles. The summed E-state index contributed by atoms with van der Waals surface area (Å²) in [6.07, 6.45) is 0. The van der Waals surface area contributed by atoms with E-state index in [-0.39, 0.29) is 0 Å². The Morgan fingerprint density at radius 1 is 1.14 bits per heavy atom. The van der Waals surface area contributed by atoms with Crippen molar-refractivity contribution in [1.29, 1.82) is 0 Å². The van der Waals surface area contributed by atoms with E-state index in [4.69, 9.17) is 23.2 Å². The van der Waals surface area contributed by atoms with Crippen LogP contribution in [0.5, 0.6) is 0 Å². The normalized spacial score (nSPS) is 11.3. The molecule has 3 rings (SSSR count). The Balaban J connectivity index is 2.08. The Hall–Kier alpha value is -1.71. The number of aromatic amines is 1. The van der Waals surface area contributed by atoms with Crippen LogP contribution in [0.2, 0.25) is 10.0 Å². The molecule has 0 spiro atoms. The highest BCUT2D eigenvalue weighted by Gasteiger charge is 2.12. The second-order valence-electron chi connectivity index (χ2n) is 5.70. The molecule has 22 heavy (non-hydrogen) atoms. The quantitative estimate of drug-likeness (QED) is 0.651. The molecule has 1 aromatic heterocycles. The number of fused-ring (bicyclic) bond motifs is 1. The maximum absolute atomic E-state index is 6.34. The molecule has 0 bridgehead atoms. The van der Waals surface area contributed by atoms with E-state index in [1.54, 1.807) is 6.07 Å². The van der Waals surface area contributed by atoms with Crippen molar-refractivity contribution < 1.29 is 0 Å². The molecule has 3 nitrogen and oxygen atoms in total. The van der Waals surface area contributed by atoms with Crippen LogP contribution in [0.15, 0.2) is 36.4 Å². The second kappa shape index (κ2) is 6.19. The highest BCUT2D eigenvalue weighted by atomic mass is 35.5. The number of H-pyrrole nitrogens is 1. The summed E-state index contributed by atoms with van der Waals surface area (Å²) in [5.41, 5.74) is 2.93. The van der Waals surface area contributed by atoms with E-state index in [1.165, 1.54) is 0 Å². The Morgan fingerprint density at radius 2 is 1.95 bits per heavy atom. The smallest absolute Gasteiger partial charge is 0.155 e. The van der Waals surface area contributed by atoms with Crippen LogP contribution in [0, 0.1) is 5.92 Å². The third-order valence-corrected chi connectivity index (χ3v) is 4.05. The monoisotopic (exact) mass is 333 g/mol. The summed E-state index contributed by atoms with van der Waals surface area (Å²) in [5.74, 6) is 1.43. The van der Waals surface area contributed by atoms with Crippen LogP contribution < -0.4 is 5.32 Å². The van der Waals surface area contributed by atoms with Gasteiger partial charge in [0.25, 0.3) is 0 Å². The minimum atomic E-state index is 0.556. The highest BCUT2D eigenvalue weighted by molar-refractivity contribution is 6.36. The van der Waals surface area contributed by atoms with Gasteiger partial charge in [-0.05, 0) is 24.1 Å². The van der Waals surface area contributed by atoms with Gasteiger partial charge in [0.05, 0.1) is 5.52 Å². The SMILES string of the molecule is CC(C)CNc1n[nH]c2c(-c3ccc(Cl)cc3Cl)cccc12. The molecule has 2 N–H and O–H groups in total. The van der Waals surface area contributed by atoms with Crippen LogP contribution in [0.1, 0.15) is 13.8 Å². The third kappa shape index (κ3) is 2.92. The number of anilines is 1. The summed E-state index contributed by atoms with van der Waals surface area (Å²) >= 11 is 12.3. The Labute approximate surface area is 139 Å². The van der Waals surface area contributed by atoms with Crippen molar-refractivity contribution in [3.8, 4) is 11.1 Å². The van der Waals surface area contributed by atoms with Crippen LogP contribution in [-0.4, -0.2) is 16.7 Å². The van der Waals surface area contributed by atoms with Gasteiger partial charge in [0.2, 0.25) is 0 Å². The number of nitrogens with zero attached hydrogens (tertiary/aromatic N) is 1. The number of hydrogen-bond donors (Lipinski definition) is 2. The maximum Gasteiger partial charge on any atom is 0.155 e. The topological polar surface area (TPSA) is 40.7 Å². The first-order valence-electron chi connectivity index (χ1n) is 7.22. The number of nitrogens with one attached hydrogen (secondary N) is 2. The number of aromatic nitrogens is 2. The molecule has 0 fully saturated rings. The summed E-state index contributed by atoms with van der Waals surface area (Å²) in [7, 11) is 0. The van der Waals surface area contributed by atoms with Gasteiger partial charge in [-0.15, -0.1) is 0 Å². The Bertz CT molecular complexity index is 809. The summed E-state index contributed by atoms with van der Waals surface area (Å²) < 4.78 is 0. The van der Waals surface area contributed by atoms with Crippen molar-refractivity contribution >= 4 is 39.9 Å². The first-order valence-corrected chi connectivity index (χ1v) is 7.98. The van der Waals surface area contributed by atoms with Crippen LogP contribution in [0.4, 0.5) is 5.82 Å². The predicted molar refractivity (Wildman–Crippen MR) is 94.9 cm³/mol. The molecular formula is C17H17Cl2N3. The van der Waals surface area contributed by atoms with E-state index >= 15 is 0 Å². The number of rotatable bonds is 4. The van der Waals surface area contributed by atoms with Crippen molar-refractivity contribution in [2.24, 2.45) is 5.92 Å². The van der Waals surface area contributed by atoms with Gasteiger partial charge in [-0.1, -0.05) is 55.2 Å². The van der Waals surface area contributed by atoms with Gasteiger partial charge < -0.3 is 5.32 Å². The first kappa shape index (κ1) is 15.2. The second-order valence-corrected chi connectivity index (χ2v) is 6.54. The van der Waals surface area contributed by atoms with Crippen LogP contribution in [-0.2, 0) is 0 Å². The lowest BCUT2D eigenvalue weighted by molar-refractivity contribution is 0.687. The van der Waals surface area contributed by atoms with E-state index in [1.807, 2.05) is 24.3 Å². The van der Waals surface area contributed by atoms with Crippen LogP contribution in [0.25, 0.3) is 22.0 Å². The molecule has 0 atom stereocenters. The van der Waals surface area contributed by atoms with Gasteiger partial charge in [-0.2, -0.15) is 5.10 Å². The van der Waals surface area contributed by atoms with Crippen molar-refractivity contribution in [1.82, 2.24) is 10.2 Å². The molecule has 0 aliphatic rings. The van der Waals surface area contributed by atoms with Gasteiger partial charge in [-0.3, -0.25) is 5.10 Å². The lowest BCUT2D eigenvalue weighted by Gasteiger charge is -2.08. The molecule has 3 aromatic rings. The fourth-order valence-electron chi connectivity index (χ4n) is 2.41. The number of halogens is 2. The number of hydrogen-bond acceptors (Lipinski definition) is 2. The lowest BCUT2D eigenvalue weighted by atomic mass is 10.0. The zero-order chi connectivity index (χ0) is 15.7. The molecule has 0 unspecified atom stereocenters. The van der Waals surface area contributed by atoms with Gasteiger partial charge in [0, 0.05) is 33.1 Å². The molecule has 0 amide bonds. The summed E-state index contributed by atoms with van der Waals surface area (Å²) in [5, 5.41) is 13.2. The average molecular weight is 334 g/mol. The lowest BCUT2D eigenvalue weighted by Crippen LogP contribution is -2.08. The molecule has 2 aromatic carbocycles. The van der Waals surface area contributed by atoms with Crippen LogP contribution in [0.3, 0.4) is 0 Å². The van der Waals surface area contributed by atoms with Crippen molar-refractivity contribution in [2.75, 3.05) is 11.9 Å². The largest absolute Gasteiger partial charge is 0.368 e. The third-order valence-electron chi connectivity index (χ3n) is 3.50. The van der Waals surface area contributed by atoms with Crippen LogP contribution >= 0.6 is 23.2 Å². The Morgan fingerprint density at radius 3 is 2.68 bits per heavy atom. The molecule has 0 aliphatic heterocycles. The maximum atomic E-state index is 6.34. The number of para-hydroxylation sites is 1. The van der Waals surface area contributed by atoms with Gasteiger partial charge in [0.1, 0.15) is 0 Å². The summed E-state index contributed by atoms with van der Waals surface area (Å²) in [6, 6.07) is 11.6. The molecule has 0 saturated heterocycles. The van der Waals surface area contributed by atoms with Crippen molar-refractivity contribution in [2.45, 2.75) is 13.8 Å². The standard InChI is InChI=1S/C17H17Cl2N3/c1-10(2)9-20-17-14-5-3-4-13(16(14)21-22-17)12-7-6-11(18)8-15(12)19/h3-8,10H,9H2,1-2H3,(H2,20,21,22). The number of benzene rings is 2. The molecule has 5 heteroatoms. The van der Waals surface area contributed by atoms with Gasteiger partial charge in [-0.25, -0.2) is 0 Å². The summed E-state index contributed by atoms with van der Waals surface area (Å²) in [4.78, 5) is 0. The minimum absolute atomic E-state index is 0.556. The van der Waals surface area contributed by atoms with Gasteiger partial charge in [0.15, 0.2) is 5.82 Å². The minimum Gasteiger partial charge on any atom is -0.368 e. The van der Waals surface area contributed by atoms with E-state index in [9.17, 15) is 0 Å². The van der Waals surface area contributed by atoms with E-state index in [0.29, 0.717) is 16.0 Å². The van der Waals surface area contributed by atoms with Crippen molar-refractivity contribution in [3.05, 3.63) is 46.4 Å². The Kier molecular flexibility index (Phi) is 4.27. The average Bonchev–Trinajstić information content (AvgIpc) is 2.88. The van der Waals surface area contributed by atoms with E-state index in [2.05, 4.69) is 35.4 Å². The molecule has 114 valence electrons. The molecule has 0 radical (unpaired) electrons. The summed E-state index contributed by atoms with van der Waals surface area (Å²) in [6.45, 7) is 5.22. The van der Waals surface area contributed by atoms with E-state index in [0.717, 1.165) is 34.4 Å². The molecule has 0 aliphatic carbocycles. The zero-order valence-corrected chi connectivity index (χ0v) is 14.0. The van der Waals surface area contributed by atoms with Gasteiger partial charge >= 0.3 is 0 Å². The zero-order valence-electron chi connectivity index (χ0n) is 12.5. The fourth-order valence-corrected chi connectivity index (χ4v) is 2.92. The van der Waals surface area contributed by atoms with Crippen molar-refractivity contribution in [3.63, 3.8) is 0 Å². The molecule has 0 saturated carbocycles. The predicted octanol–water partition coefficient (Wildman–Crippen LogP) is 5.60. The van der Waals surface area contributed by atoms with E-state index < -0.39 is 0 Å².